The Labute approximate surface area is 270 Å². The van der Waals surface area contributed by atoms with Crippen molar-refractivity contribution in [2.45, 2.75) is 174 Å². The molecule has 0 saturated carbocycles. The summed E-state index contributed by atoms with van der Waals surface area (Å²) in [6, 6.07) is 0.793. The van der Waals surface area contributed by atoms with E-state index in [0.29, 0.717) is 33.0 Å². The molecular formula is C35H74O5SSi. The molecule has 0 aliphatic rings. The Hall–Kier alpha value is 0.367. The minimum absolute atomic E-state index is 0.524. The Morgan fingerprint density at radius 3 is 1.07 bits per heavy atom. The number of unbranched alkanes of at least 4 members (excludes halogenated alkanes) is 20. The first kappa shape index (κ1) is 42.4. The maximum absolute atomic E-state index is 6.28. The second-order valence-electron chi connectivity index (χ2n) is 11.9. The summed E-state index contributed by atoms with van der Waals surface area (Å²) in [4.78, 5) is 0. The zero-order chi connectivity index (χ0) is 30.7. The van der Waals surface area contributed by atoms with E-state index >= 15 is 0 Å². The number of hydrogen-bond donors (Lipinski definition) is 1. The standard InChI is InChI=1S/C35H74O5SSi/c1-4-7-9-11-13-15-17-19-21-23-25-28-36-30-32-39-42(38-6-3,35-27-34-41)40-33-31-37-29-26-24-22-20-18-16-14-12-10-8-5-2/h41H,4-35H2,1-3H3. The molecule has 0 N–H and O–H groups in total. The van der Waals surface area contributed by atoms with Crippen LogP contribution in [0.2, 0.25) is 6.04 Å². The molecule has 0 aliphatic carbocycles. The van der Waals surface area contributed by atoms with Crippen LogP contribution in [0.25, 0.3) is 0 Å². The van der Waals surface area contributed by atoms with Crippen LogP contribution in [0.5, 0.6) is 0 Å². The molecule has 0 unspecified atom stereocenters. The number of hydrogen-bond acceptors (Lipinski definition) is 6. The van der Waals surface area contributed by atoms with E-state index in [9.17, 15) is 0 Å². The van der Waals surface area contributed by atoms with E-state index in [2.05, 4.69) is 26.5 Å². The van der Waals surface area contributed by atoms with Gasteiger partial charge in [0.25, 0.3) is 0 Å². The molecule has 0 saturated heterocycles. The van der Waals surface area contributed by atoms with Crippen molar-refractivity contribution in [2.75, 3.05) is 52.0 Å². The van der Waals surface area contributed by atoms with E-state index in [1.807, 2.05) is 6.92 Å². The highest BCUT2D eigenvalue weighted by molar-refractivity contribution is 7.80. The van der Waals surface area contributed by atoms with Gasteiger partial charge >= 0.3 is 8.80 Å². The van der Waals surface area contributed by atoms with Crippen molar-refractivity contribution >= 4 is 21.4 Å². The van der Waals surface area contributed by atoms with Gasteiger partial charge < -0.3 is 22.8 Å². The minimum Gasteiger partial charge on any atom is -0.379 e. The largest absolute Gasteiger partial charge is 0.501 e. The van der Waals surface area contributed by atoms with Crippen molar-refractivity contribution in [3.05, 3.63) is 0 Å². The van der Waals surface area contributed by atoms with Gasteiger partial charge in [-0.15, -0.1) is 0 Å². The molecule has 5 nitrogen and oxygen atoms in total. The third-order valence-electron chi connectivity index (χ3n) is 7.89. The fraction of sp³-hybridized carbons (Fsp3) is 1.00. The van der Waals surface area contributed by atoms with Gasteiger partial charge in [0.15, 0.2) is 0 Å². The Bertz CT molecular complexity index is 466. The lowest BCUT2D eigenvalue weighted by Gasteiger charge is -2.29. The molecular weight excluding hydrogens is 561 g/mol. The summed E-state index contributed by atoms with van der Waals surface area (Å²) < 4.78 is 30.4. The third-order valence-corrected chi connectivity index (χ3v) is 11.2. The van der Waals surface area contributed by atoms with Gasteiger partial charge in [0.05, 0.1) is 26.4 Å². The highest BCUT2D eigenvalue weighted by Gasteiger charge is 2.40. The van der Waals surface area contributed by atoms with Gasteiger partial charge in [0, 0.05) is 25.9 Å². The van der Waals surface area contributed by atoms with Crippen LogP contribution in [0.4, 0.5) is 0 Å². The molecule has 0 fully saturated rings. The summed E-state index contributed by atoms with van der Waals surface area (Å²) >= 11 is 4.41. The molecule has 0 aromatic rings. The molecule has 0 amide bonds. The van der Waals surface area contributed by atoms with Crippen LogP contribution in [-0.2, 0) is 22.8 Å². The van der Waals surface area contributed by atoms with Gasteiger partial charge in [-0.1, -0.05) is 142 Å². The Kier molecular flexibility index (Phi) is 36.2. The first-order chi connectivity index (χ1) is 20.7. The van der Waals surface area contributed by atoms with Crippen LogP contribution >= 0.6 is 12.6 Å². The summed E-state index contributed by atoms with van der Waals surface area (Å²) in [5.41, 5.74) is 0. The van der Waals surface area contributed by atoms with Crippen molar-refractivity contribution < 1.29 is 22.8 Å². The van der Waals surface area contributed by atoms with E-state index in [-0.39, 0.29) is 0 Å². The lowest BCUT2D eigenvalue weighted by atomic mass is 10.1. The molecule has 42 heavy (non-hydrogen) atoms. The highest BCUT2D eigenvalue weighted by atomic mass is 32.1. The summed E-state index contributed by atoms with van der Waals surface area (Å²) in [5, 5.41) is 0. The van der Waals surface area contributed by atoms with Crippen LogP contribution in [-0.4, -0.2) is 60.8 Å². The van der Waals surface area contributed by atoms with E-state index in [1.54, 1.807) is 0 Å². The minimum atomic E-state index is -2.74. The van der Waals surface area contributed by atoms with Crippen LogP contribution in [0.1, 0.15) is 168 Å². The highest BCUT2D eigenvalue weighted by Crippen LogP contribution is 2.19. The van der Waals surface area contributed by atoms with Gasteiger partial charge in [0.1, 0.15) is 0 Å². The second kappa shape index (κ2) is 35.8. The summed E-state index contributed by atoms with van der Waals surface area (Å²) in [6.45, 7) is 11.0. The molecule has 0 bridgehead atoms. The maximum Gasteiger partial charge on any atom is 0.501 e. The van der Waals surface area contributed by atoms with Crippen molar-refractivity contribution in [2.24, 2.45) is 0 Å². The molecule has 0 rings (SSSR count). The van der Waals surface area contributed by atoms with Crippen molar-refractivity contribution in [3.63, 3.8) is 0 Å². The summed E-state index contributed by atoms with van der Waals surface area (Å²) in [5.74, 6) is 0.805. The van der Waals surface area contributed by atoms with Crippen LogP contribution < -0.4 is 0 Å². The predicted octanol–water partition coefficient (Wildman–Crippen LogP) is 11.0. The molecule has 0 heterocycles. The Morgan fingerprint density at radius 1 is 0.381 bits per heavy atom. The lowest BCUT2D eigenvalue weighted by Crippen LogP contribution is -2.47. The third kappa shape index (κ3) is 30.4. The zero-order valence-electron chi connectivity index (χ0n) is 28.6. The van der Waals surface area contributed by atoms with Gasteiger partial charge in [-0.05, 0) is 31.9 Å². The van der Waals surface area contributed by atoms with Crippen LogP contribution in [0.3, 0.4) is 0 Å². The van der Waals surface area contributed by atoms with Gasteiger partial charge in [-0.25, -0.2) is 0 Å². The second-order valence-corrected chi connectivity index (χ2v) is 15.1. The first-order valence-electron chi connectivity index (χ1n) is 18.4. The Balaban J connectivity index is 3.85. The average Bonchev–Trinajstić information content (AvgIpc) is 3.00. The lowest BCUT2D eigenvalue weighted by molar-refractivity contribution is 0.0139. The monoisotopic (exact) mass is 635 g/mol. The fourth-order valence-electron chi connectivity index (χ4n) is 5.31. The van der Waals surface area contributed by atoms with E-state index in [1.165, 1.54) is 128 Å². The summed E-state index contributed by atoms with van der Waals surface area (Å²) in [7, 11) is -2.74. The van der Waals surface area contributed by atoms with Gasteiger partial charge in [0.2, 0.25) is 0 Å². The fourth-order valence-corrected chi connectivity index (χ4v) is 8.29. The van der Waals surface area contributed by atoms with Crippen molar-refractivity contribution in [3.8, 4) is 0 Å². The molecule has 0 aliphatic heterocycles. The topological polar surface area (TPSA) is 46.2 Å². The van der Waals surface area contributed by atoms with Gasteiger partial charge in [-0.2, -0.15) is 12.6 Å². The normalized spacial score (nSPS) is 12.0. The molecule has 0 spiro atoms. The average molecular weight is 635 g/mol. The number of ether oxygens (including phenoxy) is 2. The quantitative estimate of drug-likeness (QED) is 0.0418. The smallest absolute Gasteiger partial charge is 0.379 e. The predicted molar refractivity (Wildman–Crippen MR) is 187 cm³/mol. The number of thiol groups is 1. The molecule has 0 radical (unpaired) electrons. The van der Waals surface area contributed by atoms with E-state index in [4.69, 9.17) is 22.8 Å². The number of rotatable bonds is 37. The SMILES string of the molecule is CCCCCCCCCCCCCOCCO[Si](CCCS)(OCC)OCCOCCCCCCCCCCCCC. The van der Waals surface area contributed by atoms with Crippen LogP contribution in [0.15, 0.2) is 0 Å². The summed E-state index contributed by atoms with van der Waals surface area (Å²) in [6.07, 6.45) is 30.7. The first-order valence-corrected chi connectivity index (χ1v) is 21.0. The maximum atomic E-state index is 6.28. The molecule has 7 heteroatoms. The molecule has 0 aromatic heterocycles. The molecule has 254 valence electrons. The van der Waals surface area contributed by atoms with Crippen LogP contribution in [0, 0.1) is 0 Å². The van der Waals surface area contributed by atoms with E-state index in [0.717, 1.165) is 44.3 Å². The van der Waals surface area contributed by atoms with Crippen molar-refractivity contribution in [1.29, 1.82) is 0 Å². The Morgan fingerprint density at radius 2 is 0.738 bits per heavy atom. The van der Waals surface area contributed by atoms with Crippen molar-refractivity contribution in [1.82, 2.24) is 0 Å². The molecule has 0 atom stereocenters. The van der Waals surface area contributed by atoms with E-state index < -0.39 is 8.80 Å². The molecule has 0 aromatic carbocycles. The zero-order valence-corrected chi connectivity index (χ0v) is 30.5. The van der Waals surface area contributed by atoms with Gasteiger partial charge in [-0.3, -0.25) is 0 Å².